The maximum atomic E-state index is 13.3. The lowest BCUT2D eigenvalue weighted by Gasteiger charge is -2.31. The van der Waals surface area contributed by atoms with Crippen LogP contribution in [-0.2, 0) is 4.79 Å². The summed E-state index contributed by atoms with van der Waals surface area (Å²) in [7, 11) is 1.33. The first-order valence-electron chi connectivity index (χ1n) is 8.59. The Hall–Kier alpha value is -2.59. The minimum Gasteiger partial charge on any atom is -0.846 e. The van der Waals surface area contributed by atoms with E-state index < -0.39 is 11.9 Å². The molecule has 0 aromatic heterocycles. The van der Waals surface area contributed by atoms with Crippen molar-refractivity contribution in [2.24, 2.45) is 10.9 Å². The summed E-state index contributed by atoms with van der Waals surface area (Å²) in [5.41, 5.74) is 1.75. The van der Waals surface area contributed by atoms with Crippen LogP contribution < -0.4 is 15.3 Å². The standard InChI is InChI=1S/C20H18Cl2N4O2/c1-24-20(28)26(16-7-14(21)6-15(22)8-16)19(27)18-11-25-10-17(18)13-4-2-12(9-23)3-5-13/h2-8,17-18,25H,10-11H2,1H3,(H,24,28)/p-1/t17?,18-/m0/s1. The van der Waals surface area contributed by atoms with Crippen LogP contribution in [0.25, 0.3) is 0 Å². The second kappa shape index (κ2) is 8.61. The molecule has 1 fully saturated rings. The summed E-state index contributed by atoms with van der Waals surface area (Å²) in [5, 5.41) is 25.3. The molecule has 6 nitrogen and oxygen atoms in total. The molecular weight excluding hydrogens is 399 g/mol. The highest BCUT2D eigenvalue weighted by Crippen LogP contribution is 2.33. The fourth-order valence-corrected chi connectivity index (χ4v) is 3.87. The Kier molecular flexibility index (Phi) is 6.20. The molecule has 2 aromatic rings. The van der Waals surface area contributed by atoms with Gasteiger partial charge in [-0.2, -0.15) is 5.26 Å². The Bertz CT molecular complexity index is 933. The van der Waals surface area contributed by atoms with E-state index >= 15 is 0 Å². The second-order valence-corrected chi connectivity index (χ2v) is 7.29. The van der Waals surface area contributed by atoms with Crippen molar-refractivity contribution in [2.75, 3.05) is 25.0 Å². The third-order valence-electron chi connectivity index (χ3n) is 4.71. The van der Waals surface area contributed by atoms with Crippen LogP contribution in [0.3, 0.4) is 0 Å². The van der Waals surface area contributed by atoms with Gasteiger partial charge in [0.15, 0.2) is 0 Å². The van der Waals surface area contributed by atoms with Gasteiger partial charge in [-0.1, -0.05) is 35.3 Å². The normalized spacial score (nSPS) is 19.3. The summed E-state index contributed by atoms with van der Waals surface area (Å²) < 4.78 is 0. The average molecular weight is 416 g/mol. The largest absolute Gasteiger partial charge is 0.846 e. The number of rotatable bonds is 3. The molecule has 1 aliphatic heterocycles. The highest BCUT2D eigenvalue weighted by molar-refractivity contribution is 6.35. The molecule has 1 amide bonds. The van der Waals surface area contributed by atoms with E-state index in [0.29, 0.717) is 28.7 Å². The van der Waals surface area contributed by atoms with Crippen molar-refractivity contribution in [1.29, 1.82) is 5.26 Å². The van der Waals surface area contributed by atoms with E-state index in [1.54, 1.807) is 12.1 Å². The minimum absolute atomic E-state index is 0.137. The lowest BCUT2D eigenvalue weighted by Crippen LogP contribution is -2.48. The Morgan fingerprint density at radius 1 is 1.21 bits per heavy atom. The van der Waals surface area contributed by atoms with Crippen molar-refractivity contribution in [3.8, 4) is 6.07 Å². The van der Waals surface area contributed by atoms with Gasteiger partial charge in [0.1, 0.15) is 0 Å². The summed E-state index contributed by atoms with van der Waals surface area (Å²) in [5.74, 6) is -0.994. The number of halogens is 2. The van der Waals surface area contributed by atoms with Gasteiger partial charge in [-0.15, -0.1) is 0 Å². The van der Waals surface area contributed by atoms with Crippen LogP contribution in [0.1, 0.15) is 17.0 Å². The van der Waals surface area contributed by atoms with Gasteiger partial charge < -0.3 is 10.4 Å². The van der Waals surface area contributed by atoms with Gasteiger partial charge in [0.05, 0.1) is 29.3 Å². The monoisotopic (exact) mass is 415 g/mol. The summed E-state index contributed by atoms with van der Waals surface area (Å²) in [6, 6.07) is 13.0. The van der Waals surface area contributed by atoms with Crippen molar-refractivity contribution in [3.63, 3.8) is 0 Å². The Labute approximate surface area is 173 Å². The van der Waals surface area contributed by atoms with E-state index in [1.807, 2.05) is 12.1 Å². The van der Waals surface area contributed by atoms with Crippen LogP contribution in [0.15, 0.2) is 47.5 Å². The predicted molar refractivity (Wildman–Crippen MR) is 108 cm³/mol. The van der Waals surface area contributed by atoms with E-state index in [1.165, 1.54) is 25.2 Å². The van der Waals surface area contributed by atoms with Gasteiger partial charge in [-0.05, 0) is 35.9 Å². The molecule has 28 heavy (non-hydrogen) atoms. The van der Waals surface area contributed by atoms with Crippen LogP contribution in [-0.4, -0.2) is 32.1 Å². The third-order valence-corrected chi connectivity index (χ3v) is 5.14. The molecule has 1 N–H and O–H groups in total. The van der Waals surface area contributed by atoms with Gasteiger partial charge in [0, 0.05) is 36.1 Å². The number of benzene rings is 2. The maximum Gasteiger partial charge on any atom is 0.236 e. The zero-order chi connectivity index (χ0) is 20.3. The number of nitriles is 1. The van der Waals surface area contributed by atoms with E-state index in [-0.39, 0.29) is 17.5 Å². The fourth-order valence-electron chi connectivity index (χ4n) is 3.36. The minimum atomic E-state index is -0.686. The van der Waals surface area contributed by atoms with E-state index in [4.69, 9.17) is 28.5 Å². The number of carbonyl (C=O) groups is 1. The molecule has 1 aliphatic rings. The Morgan fingerprint density at radius 2 is 1.86 bits per heavy atom. The van der Waals surface area contributed by atoms with Crippen LogP contribution in [0.4, 0.5) is 5.69 Å². The van der Waals surface area contributed by atoms with Gasteiger partial charge in [-0.25, -0.2) is 0 Å². The first-order chi connectivity index (χ1) is 13.4. The average Bonchev–Trinajstić information content (AvgIpc) is 3.17. The molecule has 3 rings (SSSR count). The van der Waals surface area contributed by atoms with Crippen LogP contribution in [0.2, 0.25) is 10.0 Å². The van der Waals surface area contributed by atoms with Crippen molar-refractivity contribution in [3.05, 3.63) is 63.6 Å². The van der Waals surface area contributed by atoms with Gasteiger partial charge in [-0.3, -0.25) is 14.7 Å². The number of nitrogens with one attached hydrogen (secondary N) is 1. The van der Waals surface area contributed by atoms with Crippen LogP contribution in [0.5, 0.6) is 0 Å². The quantitative estimate of drug-likeness (QED) is 0.615. The first-order valence-corrected chi connectivity index (χ1v) is 9.35. The maximum absolute atomic E-state index is 13.3. The number of carbonyl (C=O) groups excluding carboxylic acids is 1. The Morgan fingerprint density at radius 3 is 2.43 bits per heavy atom. The van der Waals surface area contributed by atoms with Gasteiger partial charge >= 0.3 is 0 Å². The Balaban J connectivity index is 1.96. The molecule has 0 saturated carbocycles. The van der Waals surface area contributed by atoms with Crippen molar-refractivity contribution in [2.45, 2.75) is 5.92 Å². The fraction of sp³-hybridized carbons (Fsp3) is 0.250. The van der Waals surface area contributed by atoms with E-state index in [0.717, 1.165) is 10.5 Å². The number of amides is 1. The highest BCUT2D eigenvalue weighted by atomic mass is 35.5. The zero-order valence-corrected chi connectivity index (χ0v) is 16.5. The molecule has 1 heterocycles. The molecule has 1 unspecified atom stereocenters. The molecule has 0 bridgehead atoms. The smallest absolute Gasteiger partial charge is 0.236 e. The number of aliphatic imine (C=N–C) groups is 1. The summed E-state index contributed by atoms with van der Waals surface area (Å²) >= 11 is 12.1. The summed E-state index contributed by atoms with van der Waals surface area (Å²) in [4.78, 5) is 18.0. The summed E-state index contributed by atoms with van der Waals surface area (Å²) in [6.45, 7) is 1.01. The van der Waals surface area contributed by atoms with Crippen molar-refractivity contribution < 1.29 is 9.90 Å². The highest BCUT2D eigenvalue weighted by Gasteiger charge is 2.37. The summed E-state index contributed by atoms with van der Waals surface area (Å²) in [6.07, 6.45) is 0. The predicted octanol–water partition coefficient (Wildman–Crippen LogP) is 2.55. The van der Waals surface area contributed by atoms with Crippen molar-refractivity contribution in [1.82, 2.24) is 5.32 Å². The number of amidine groups is 1. The molecule has 8 heteroatoms. The number of nitrogens with zero attached hydrogens (tertiary/aromatic N) is 3. The number of hydrogen-bond acceptors (Lipinski definition) is 5. The molecule has 0 radical (unpaired) electrons. The number of anilines is 1. The first kappa shape index (κ1) is 20.2. The second-order valence-electron chi connectivity index (χ2n) is 6.41. The van der Waals surface area contributed by atoms with E-state index in [9.17, 15) is 9.90 Å². The molecule has 0 spiro atoms. The topological polar surface area (TPSA) is 91.6 Å². The lowest BCUT2D eigenvalue weighted by molar-refractivity contribution is -0.218. The number of hydrogen-bond donors (Lipinski definition) is 1. The zero-order valence-electron chi connectivity index (χ0n) is 15.0. The third kappa shape index (κ3) is 4.12. The molecule has 0 aliphatic carbocycles. The lowest BCUT2D eigenvalue weighted by atomic mass is 9.87. The van der Waals surface area contributed by atoms with Gasteiger partial charge in [0.2, 0.25) is 5.91 Å². The van der Waals surface area contributed by atoms with Gasteiger partial charge in [0.25, 0.3) is 0 Å². The van der Waals surface area contributed by atoms with Crippen LogP contribution >= 0.6 is 23.2 Å². The van der Waals surface area contributed by atoms with Crippen LogP contribution in [0, 0.1) is 17.2 Å². The molecule has 2 aromatic carbocycles. The SMILES string of the molecule is CN=C([O-])N(C(=O)[C@H]1CNCC1c1ccc(C#N)cc1)c1cc(Cl)cc(Cl)c1. The molecule has 2 atom stereocenters. The molecule has 144 valence electrons. The van der Waals surface area contributed by atoms with Crippen molar-refractivity contribution >= 4 is 40.8 Å². The van der Waals surface area contributed by atoms with E-state index in [2.05, 4.69) is 16.4 Å². The molecular formula is C20H17Cl2N4O2-. The molecule has 1 saturated heterocycles.